The van der Waals surface area contributed by atoms with Crippen LogP contribution in [-0.2, 0) is 4.79 Å². The fourth-order valence-corrected chi connectivity index (χ4v) is 3.43. The Morgan fingerprint density at radius 1 is 1.21 bits per heavy atom. The predicted molar refractivity (Wildman–Crippen MR) is 95.9 cm³/mol. The van der Waals surface area contributed by atoms with Crippen molar-refractivity contribution in [3.63, 3.8) is 0 Å². The number of carbonyl (C=O) groups is 2. The molecule has 2 heterocycles. The first-order valence-corrected chi connectivity index (χ1v) is 9.23. The van der Waals surface area contributed by atoms with E-state index in [1.54, 1.807) is 0 Å². The zero-order valence-corrected chi connectivity index (χ0v) is 15.0. The van der Waals surface area contributed by atoms with E-state index in [-0.39, 0.29) is 18.0 Å². The van der Waals surface area contributed by atoms with Gasteiger partial charge in [0.25, 0.3) is 0 Å². The first kappa shape index (κ1) is 18.8. The molecule has 2 fully saturated rings. The second kappa shape index (κ2) is 9.67. The van der Waals surface area contributed by atoms with Crippen molar-refractivity contribution in [2.75, 3.05) is 39.3 Å². The summed E-state index contributed by atoms with van der Waals surface area (Å²) >= 11 is 0. The number of piperidine rings is 1. The highest BCUT2D eigenvalue weighted by Crippen LogP contribution is 2.12. The van der Waals surface area contributed by atoms with E-state index in [1.165, 1.54) is 5.57 Å². The molecule has 2 rings (SSSR count). The normalized spacial score (nSPS) is 20.5. The first-order valence-electron chi connectivity index (χ1n) is 9.23. The van der Waals surface area contributed by atoms with Crippen molar-refractivity contribution in [3.05, 3.63) is 12.2 Å². The maximum Gasteiger partial charge on any atom is 0.315 e. The smallest absolute Gasteiger partial charge is 0.315 e. The summed E-state index contributed by atoms with van der Waals surface area (Å²) in [4.78, 5) is 28.2. The summed E-state index contributed by atoms with van der Waals surface area (Å²) in [5.41, 5.74) is 1.18. The van der Waals surface area contributed by atoms with Gasteiger partial charge in [-0.25, -0.2) is 4.79 Å². The molecule has 0 aliphatic carbocycles. The molecule has 0 aromatic heterocycles. The van der Waals surface area contributed by atoms with Crippen LogP contribution in [0.15, 0.2) is 12.2 Å². The van der Waals surface area contributed by atoms with E-state index in [4.69, 9.17) is 0 Å². The van der Waals surface area contributed by atoms with E-state index in [1.807, 2.05) is 11.8 Å². The fraction of sp³-hybridized carbons (Fsp3) is 0.778. The van der Waals surface area contributed by atoms with Gasteiger partial charge in [0.2, 0.25) is 5.91 Å². The topological polar surface area (TPSA) is 64.7 Å². The van der Waals surface area contributed by atoms with E-state index in [2.05, 4.69) is 22.1 Å². The minimum absolute atomic E-state index is 0.115. The fourth-order valence-electron chi connectivity index (χ4n) is 3.43. The molecular formula is C18H32N4O2. The molecule has 0 radical (unpaired) electrons. The average Bonchev–Trinajstić information content (AvgIpc) is 2.74. The van der Waals surface area contributed by atoms with Gasteiger partial charge in [-0.1, -0.05) is 18.6 Å². The summed E-state index contributed by atoms with van der Waals surface area (Å²) < 4.78 is 0. The third-order valence-corrected chi connectivity index (χ3v) is 4.75. The van der Waals surface area contributed by atoms with Crippen molar-refractivity contribution in [2.45, 2.75) is 51.5 Å². The predicted octanol–water partition coefficient (Wildman–Crippen LogP) is 1.73. The maximum absolute atomic E-state index is 12.0. The number of hydrogen-bond acceptors (Lipinski definition) is 3. The Bertz CT molecular complexity index is 444. The molecule has 3 amide bonds. The van der Waals surface area contributed by atoms with Crippen LogP contribution in [0.2, 0.25) is 0 Å². The Hall–Kier alpha value is -1.56. The van der Waals surface area contributed by atoms with Crippen molar-refractivity contribution in [3.8, 4) is 0 Å². The highest BCUT2D eigenvalue weighted by atomic mass is 16.2. The molecule has 0 aromatic rings. The zero-order chi connectivity index (χ0) is 17.4. The number of nitrogens with one attached hydrogen (secondary N) is 2. The van der Waals surface area contributed by atoms with Gasteiger partial charge >= 0.3 is 6.03 Å². The molecule has 6 heteroatoms. The number of likely N-dealkylation sites (tertiary alicyclic amines) is 2. The van der Waals surface area contributed by atoms with Crippen molar-refractivity contribution in [1.82, 2.24) is 20.4 Å². The summed E-state index contributed by atoms with van der Waals surface area (Å²) in [6.07, 6.45) is 5.79. The Kier molecular flexibility index (Phi) is 7.56. The molecule has 2 N–H and O–H groups in total. The lowest BCUT2D eigenvalue weighted by Gasteiger charge is -2.32. The number of hydrogen-bond donors (Lipinski definition) is 2. The first-order chi connectivity index (χ1) is 11.5. The minimum Gasteiger partial charge on any atom is -0.341 e. The quantitative estimate of drug-likeness (QED) is 0.726. The number of rotatable bonds is 6. The van der Waals surface area contributed by atoms with E-state index in [0.717, 1.165) is 58.3 Å². The minimum atomic E-state index is -0.115. The van der Waals surface area contributed by atoms with Gasteiger partial charge in [-0.2, -0.15) is 0 Å². The van der Waals surface area contributed by atoms with Gasteiger partial charge in [0.1, 0.15) is 0 Å². The molecular weight excluding hydrogens is 304 g/mol. The number of urea groups is 1. The molecule has 2 aliphatic rings. The maximum atomic E-state index is 12.0. The third kappa shape index (κ3) is 6.51. The molecule has 0 saturated carbocycles. The lowest BCUT2D eigenvalue weighted by Crippen LogP contribution is -2.49. The van der Waals surface area contributed by atoms with Gasteiger partial charge in [-0.05, 0) is 32.6 Å². The third-order valence-electron chi connectivity index (χ3n) is 4.75. The van der Waals surface area contributed by atoms with Crippen molar-refractivity contribution in [1.29, 1.82) is 0 Å². The van der Waals surface area contributed by atoms with Gasteiger partial charge in [-0.3, -0.25) is 9.69 Å². The van der Waals surface area contributed by atoms with Crippen LogP contribution in [-0.4, -0.2) is 67.0 Å². The van der Waals surface area contributed by atoms with Crippen LogP contribution >= 0.6 is 0 Å². The zero-order valence-electron chi connectivity index (χ0n) is 15.0. The lowest BCUT2D eigenvalue weighted by molar-refractivity contribution is -0.130. The lowest BCUT2D eigenvalue weighted by atomic mass is 10.0. The van der Waals surface area contributed by atoms with Crippen molar-refractivity contribution < 1.29 is 9.59 Å². The van der Waals surface area contributed by atoms with E-state index < -0.39 is 0 Å². The molecule has 0 spiro atoms. The Morgan fingerprint density at radius 2 is 1.96 bits per heavy atom. The molecule has 136 valence electrons. The highest BCUT2D eigenvalue weighted by Gasteiger charge is 2.21. The molecule has 0 atom stereocenters. The summed E-state index contributed by atoms with van der Waals surface area (Å²) in [5.74, 6) is 0.222. The summed E-state index contributed by atoms with van der Waals surface area (Å²) in [6.45, 7) is 10.9. The largest absolute Gasteiger partial charge is 0.341 e. The van der Waals surface area contributed by atoms with E-state index in [0.29, 0.717) is 19.5 Å². The number of amides is 3. The van der Waals surface area contributed by atoms with Gasteiger partial charge < -0.3 is 15.5 Å². The Morgan fingerprint density at radius 3 is 2.67 bits per heavy atom. The van der Waals surface area contributed by atoms with Crippen molar-refractivity contribution in [2.24, 2.45) is 0 Å². The van der Waals surface area contributed by atoms with Crippen LogP contribution in [0.5, 0.6) is 0 Å². The Labute approximate surface area is 145 Å². The summed E-state index contributed by atoms with van der Waals surface area (Å²) in [7, 11) is 0. The number of nitrogens with zero attached hydrogens (tertiary/aromatic N) is 2. The van der Waals surface area contributed by atoms with Crippen LogP contribution in [0.3, 0.4) is 0 Å². The standard InChI is InChI=1S/C18H32N4O2/c1-15(2)14-21-11-7-16(8-12-21)20-18(24)19-9-13-22-10-5-3-4-6-17(22)23/h16H,1,3-14H2,2H3,(H2,19,20,24). The van der Waals surface area contributed by atoms with Gasteiger partial charge in [0.05, 0.1) is 0 Å². The summed E-state index contributed by atoms with van der Waals surface area (Å²) in [5, 5.41) is 5.94. The SMILES string of the molecule is C=C(C)CN1CCC(NC(=O)NCCN2CCCCCC2=O)CC1. The van der Waals surface area contributed by atoms with Crippen LogP contribution < -0.4 is 10.6 Å². The summed E-state index contributed by atoms with van der Waals surface area (Å²) in [6, 6.07) is 0.127. The van der Waals surface area contributed by atoms with E-state index in [9.17, 15) is 9.59 Å². The molecule has 2 saturated heterocycles. The second-order valence-corrected chi connectivity index (χ2v) is 7.10. The average molecular weight is 336 g/mol. The van der Waals surface area contributed by atoms with Gasteiger partial charge in [-0.15, -0.1) is 0 Å². The van der Waals surface area contributed by atoms with E-state index >= 15 is 0 Å². The highest BCUT2D eigenvalue weighted by molar-refractivity contribution is 5.76. The number of carbonyl (C=O) groups excluding carboxylic acids is 2. The molecule has 0 bridgehead atoms. The van der Waals surface area contributed by atoms with Crippen LogP contribution in [0.1, 0.15) is 45.4 Å². The van der Waals surface area contributed by atoms with Crippen LogP contribution in [0.4, 0.5) is 4.79 Å². The monoisotopic (exact) mass is 336 g/mol. The van der Waals surface area contributed by atoms with Crippen LogP contribution in [0, 0.1) is 0 Å². The molecule has 0 unspecified atom stereocenters. The molecule has 24 heavy (non-hydrogen) atoms. The Balaban J connectivity index is 1.60. The van der Waals surface area contributed by atoms with Crippen molar-refractivity contribution >= 4 is 11.9 Å². The second-order valence-electron chi connectivity index (χ2n) is 7.10. The molecule has 2 aliphatic heterocycles. The van der Waals surface area contributed by atoms with Gasteiger partial charge in [0.15, 0.2) is 0 Å². The molecule has 0 aromatic carbocycles. The molecule has 6 nitrogen and oxygen atoms in total. The van der Waals surface area contributed by atoms with Crippen LogP contribution in [0.25, 0.3) is 0 Å². The van der Waals surface area contributed by atoms with Gasteiger partial charge in [0, 0.05) is 51.7 Å².